The Balaban J connectivity index is 1.73. The topological polar surface area (TPSA) is 157 Å². The van der Waals surface area contributed by atoms with Crippen molar-refractivity contribution in [1.82, 2.24) is 10.3 Å². The van der Waals surface area contributed by atoms with Gasteiger partial charge in [0.25, 0.3) is 0 Å². The van der Waals surface area contributed by atoms with Crippen LogP contribution in [0.3, 0.4) is 0 Å². The van der Waals surface area contributed by atoms with E-state index in [0.717, 1.165) is 11.6 Å². The van der Waals surface area contributed by atoms with Crippen molar-refractivity contribution < 1.29 is 28.9 Å². The van der Waals surface area contributed by atoms with Gasteiger partial charge in [0.15, 0.2) is 5.43 Å². The summed E-state index contributed by atoms with van der Waals surface area (Å²) in [6.45, 7) is 3.78. The third-order valence-corrected chi connectivity index (χ3v) is 6.94. The molecule has 3 aromatic rings. The zero-order valence-electron chi connectivity index (χ0n) is 21.7. The highest BCUT2D eigenvalue weighted by molar-refractivity contribution is 5.89. The second-order valence-corrected chi connectivity index (χ2v) is 9.58. The van der Waals surface area contributed by atoms with Gasteiger partial charge < -0.3 is 35.2 Å². The van der Waals surface area contributed by atoms with Gasteiger partial charge in [0.1, 0.15) is 52.4 Å². The van der Waals surface area contributed by atoms with Gasteiger partial charge in [0.05, 0.1) is 0 Å². The van der Waals surface area contributed by atoms with Crippen molar-refractivity contribution in [2.75, 3.05) is 19.3 Å². The van der Waals surface area contributed by atoms with Crippen molar-refractivity contribution in [3.8, 4) is 11.5 Å². The Bertz CT molecular complexity index is 1410. The van der Waals surface area contributed by atoms with Crippen LogP contribution < -0.4 is 21.2 Å². The van der Waals surface area contributed by atoms with Gasteiger partial charge in [-0.1, -0.05) is 12.1 Å². The maximum absolute atomic E-state index is 13.1. The largest absolute Gasteiger partial charge is 0.507 e. The molecule has 38 heavy (non-hydrogen) atoms. The number of rotatable bonds is 9. The normalized spacial score (nSPS) is 19.2. The number of anilines is 1. The number of allylic oxidation sites excluding steroid dienone is 1. The second-order valence-electron chi connectivity index (χ2n) is 9.58. The van der Waals surface area contributed by atoms with Gasteiger partial charge in [0, 0.05) is 35.9 Å². The number of phenols is 1. The first-order valence-electron chi connectivity index (χ1n) is 12.5. The minimum absolute atomic E-state index is 0.0191. The number of nitrogen functional groups attached to an aromatic ring is 1. The molecule has 10 nitrogen and oxygen atoms in total. The SMILES string of the molecule is C/C=C(/CCNC)C(=O)O[C@@H]1Cc2c(cc3oc(CO)cc(=O)c3c2O)O[C@@]1(C)CCc1ccc(N)nc1. The van der Waals surface area contributed by atoms with E-state index in [-0.39, 0.29) is 28.9 Å². The van der Waals surface area contributed by atoms with Gasteiger partial charge in [0.2, 0.25) is 0 Å². The van der Waals surface area contributed by atoms with Crippen LogP contribution in [0.2, 0.25) is 0 Å². The zero-order valence-corrected chi connectivity index (χ0v) is 21.7. The lowest BCUT2D eigenvalue weighted by Crippen LogP contribution is -2.51. The number of hydrogen-bond acceptors (Lipinski definition) is 10. The van der Waals surface area contributed by atoms with Crippen LogP contribution in [0.5, 0.6) is 11.5 Å². The van der Waals surface area contributed by atoms with Crippen LogP contribution >= 0.6 is 0 Å². The number of aromatic nitrogens is 1. The summed E-state index contributed by atoms with van der Waals surface area (Å²) in [7, 11) is 1.81. The Morgan fingerprint density at radius 2 is 2.16 bits per heavy atom. The van der Waals surface area contributed by atoms with Crippen LogP contribution in [-0.4, -0.2) is 46.5 Å². The Labute approximate surface area is 220 Å². The fourth-order valence-corrected chi connectivity index (χ4v) is 4.64. The molecule has 0 amide bonds. The number of aromatic hydroxyl groups is 1. The third kappa shape index (κ3) is 5.51. The smallest absolute Gasteiger partial charge is 0.334 e. The molecule has 2 aromatic heterocycles. The molecule has 1 aliphatic rings. The minimum Gasteiger partial charge on any atom is -0.507 e. The van der Waals surface area contributed by atoms with Crippen LogP contribution in [0, 0.1) is 0 Å². The zero-order chi connectivity index (χ0) is 27.4. The molecule has 0 saturated heterocycles. The number of aliphatic hydroxyl groups excluding tert-OH is 1. The van der Waals surface area contributed by atoms with E-state index >= 15 is 0 Å². The van der Waals surface area contributed by atoms with Crippen molar-refractivity contribution >= 4 is 22.8 Å². The molecule has 3 heterocycles. The number of ether oxygens (including phenoxy) is 2. The lowest BCUT2D eigenvalue weighted by Gasteiger charge is -2.42. The maximum Gasteiger partial charge on any atom is 0.334 e. The Morgan fingerprint density at radius 1 is 1.37 bits per heavy atom. The number of fused-ring (bicyclic) bond motifs is 2. The molecule has 5 N–H and O–H groups in total. The highest BCUT2D eigenvalue weighted by Gasteiger charge is 2.45. The molecule has 0 saturated carbocycles. The van der Waals surface area contributed by atoms with E-state index < -0.39 is 29.7 Å². The van der Waals surface area contributed by atoms with Crippen LogP contribution in [0.4, 0.5) is 5.82 Å². The summed E-state index contributed by atoms with van der Waals surface area (Å²) in [6, 6.07) is 6.28. The summed E-state index contributed by atoms with van der Waals surface area (Å²) in [4.78, 5) is 30.0. The van der Waals surface area contributed by atoms with Gasteiger partial charge in [-0.3, -0.25) is 4.79 Å². The Morgan fingerprint density at radius 3 is 2.82 bits per heavy atom. The molecule has 0 fully saturated rings. The Kier molecular flexibility index (Phi) is 8.03. The second kappa shape index (κ2) is 11.2. The van der Waals surface area contributed by atoms with Crippen molar-refractivity contribution in [3.05, 3.63) is 69.2 Å². The number of aryl methyl sites for hydroxylation is 1. The van der Waals surface area contributed by atoms with Crippen molar-refractivity contribution in [2.45, 2.75) is 57.8 Å². The monoisotopic (exact) mass is 523 g/mol. The number of aliphatic hydroxyl groups is 1. The summed E-state index contributed by atoms with van der Waals surface area (Å²) in [5.41, 5.74) is 6.15. The molecule has 0 radical (unpaired) electrons. The molecule has 10 heteroatoms. The third-order valence-electron chi connectivity index (χ3n) is 6.94. The number of phenolic OH excluding ortho intramolecular Hbond substituents is 1. The molecule has 0 bridgehead atoms. The summed E-state index contributed by atoms with van der Waals surface area (Å²) in [5.74, 6) is 0.0557. The Hall–Kier alpha value is -3.89. The molecule has 4 rings (SSSR count). The van der Waals surface area contributed by atoms with E-state index in [4.69, 9.17) is 19.6 Å². The van der Waals surface area contributed by atoms with E-state index in [0.29, 0.717) is 48.5 Å². The molecular formula is C28H33N3O7. The average molecular weight is 524 g/mol. The van der Waals surface area contributed by atoms with Crippen LogP contribution in [-0.2, 0) is 29.0 Å². The molecule has 0 unspecified atom stereocenters. The number of esters is 1. The van der Waals surface area contributed by atoms with E-state index in [1.165, 1.54) is 6.07 Å². The number of benzene rings is 1. The van der Waals surface area contributed by atoms with Gasteiger partial charge in [-0.25, -0.2) is 9.78 Å². The van der Waals surface area contributed by atoms with Crippen molar-refractivity contribution in [3.63, 3.8) is 0 Å². The van der Waals surface area contributed by atoms with Crippen molar-refractivity contribution in [1.29, 1.82) is 0 Å². The van der Waals surface area contributed by atoms with Crippen molar-refractivity contribution in [2.24, 2.45) is 0 Å². The van der Waals surface area contributed by atoms with Gasteiger partial charge >= 0.3 is 5.97 Å². The molecule has 202 valence electrons. The first kappa shape index (κ1) is 27.2. The molecule has 2 atom stereocenters. The highest BCUT2D eigenvalue weighted by Crippen LogP contribution is 2.44. The summed E-state index contributed by atoms with van der Waals surface area (Å²) >= 11 is 0. The average Bonchev–Trinajstić information content (AvgIpc) is 2.89. The number of carbonyl (C=O) groups excluding carboxylic acids is 1. The number of nitrogens with zero attached hydrogens (tertiary/aromatic N) is 1. The molecule has 1 aromatic carbocycles. The quantitative estimate of drug-likeness (QED) is 0.243. The first-order valence-corrected chi connectivity index (χ1v) is 12.5. The summed E-state index contributed by atoms with van der Waals surface area (Å²) in [6.07, 6.45) is 4.29. The van der Waals surface area contributed by atoms with Gasteiger partial charge in [-0.15, -0.1) is 0 Å². The van der Waals surface area contributed by atoms with Gasteiger partial charge in [-0.2, -0.15) is 0 Å². The molecule has 1 aliphatic heterocycles. The van der Waals surface area contributed by atoms with Crippen LogP contribution in [0.25, 0.3) is 11.0 Å². The van der Waals surface area contributed by atoms with E-state index in [1.807, 2.05) is 13.0 Å². The number of nitrogens with two attached hydrogens (primary N) is 1. The molecule has 0 spiro atoms. The fraction of sp³-hybridized carbons (Fsp3) is 0.393. The van der Waals surface area contributed by atoms with Gasteiger partial charge in [-0.05, 0) is 58.3 Å². The summed E-state index contributed by atoms with van der Waals surface area (Å²) in [5, 5.41) is 23.5. The number of nitrogens with one attached hydrogen (secondary N) is 1. The fourth-order valence-electron chi connectivity index (χ4n) is 4.64. The van der Waals surface area contributed by atoms with Crippen LogP contribution in [0.15, 0.2) is 51.3 Å². The number of carbonyl (C=O) groups is 1. The lowest BCUT2D eigenvalue weighted by atomic mass is 9.84. The molecular weight excluding hydrogens is 490 g/mol. The van der Waals surface area contributed by atoms with E-state index in [9.17, 15) is 19.8 Å². The molecule has 0 aliphatic carbocycles. The standard InChI is InChI=1S/C28H33N3O7/c1-4-17(8-10-30-3)27(35)37-23-12-19-21(13-22-25(26(19)34)20(33)11-18(15-32)36-22)38-28(23,2)9-7-16-5-6-24(29)31-14-16/h4-6,11,13-14,23,30,32,34H,7-10,12,15H2,1-3H3,(H2,29,31)/b17-4-/t23-,28+/m1/s1. The van der Waals surface area contributed by atoms with E-state index in [2.05, 4.69) is 10.3 Å². The highest BCUT2D eigenvalue weighted by atomic mass is 16.6. The predicted molar refractivity (Wildman–Crippen MR) is 142 cm³/mol. The predicted octanol–water partition coefficient (Wildman–Crippen LogP) is 2.76. The minimum atomic E-state index is -0.985. The first-order chi connectivity index (χ1) is 18.2. The van der Waals surface area contributed by atoms with Crippen LogP contribution in [0.1, 0.15) is 43.6 Å². The maximum atomic E-state index is 13.1. The summed E-state index contributed by atoms with van der Waals surface area (Å²) < 4.78 is 18.1. The van der Waals surface area contributed by atoms with E-state index in [1.54, 1.807) is 32.3 Å². The number of pyridine rings is 1. The number of hydrogen-bond donors (Lipinski definition) is 4. The lowest BCUT2D eigenvalue weighted by molar-refractivity contribution is -0.159.